The Morgan fingerprint density at radius 1 is 0.700 bits per heavy atom. The number of unbranched alkanes of at least 4 members (excludes halogenated alkanes) is 8. The van der Waals surface area contributed by atoms with Gasteiger partial charge in [0, 0.05) is 12.8 Å². The number of hydrogen-bond donors (Lipinski definition) is 0. The number of carbonyl (C=O) groups excluding carboxylic acids is 2. The normalized spacial score (nSPS) is 9.90. The summed E-state index contributed by atoms with van der Waals surface area (Å²) in [6.45, 7) is 4.32. The van der Waals surface area contributed by atoms with Gasteiger partial charge in [-0.2, -0.15) is 0 Å². The van der Waals surface area contributed by atoms with Crippen LogP contribution in [0.2, 0.25) is 0 Å². The van der Waals surface area contributed by atoms with Gasteiger partial charge in [-0.25, -0.2) is 0 Å². The van der Waals surface area contributed by atoms with Crippen LogP contribution < -0.4 is 29.6 Å². The minimum atomic E-state index is -0.352. The van der Waals surface area contributed by atoms with E-state index in [0.29, 0.717) is 12.8 Å². The Hall–Kier alpha value is 0.140. The van der Waals surface area contributed by atoms with Crippen molar-refractivity contribution in [3.8, 4) is 0 Å². The van der Waals surface area contributed by atoms with Gasteiger partial charge in [0.2, 0.25) is 0 Å². The van der Waals surface area contributed by atoms with Crippen molar-refractivity contribution in [1.82, 2.24) is 0 Å². The van der Waals surface area contributed by atoms with Crippen LogP contribution in [0.15, 0.2) is 0 Å². The Morgan fingerprint density at radius 3 is 1.40 bits per heavy atom. The quantitative estimate of drug-likeness (QED) is 0.239. The summed E-state index contributed by atoms with van der Waals surface area (Å²) < 4.78 is 4.79. The summed E-state index contributed by atoms with van der Waals surface area (Å²) in [5.74, 6) is -0.704. The third-order valence-electron chi connectivity index (χ3n) is 3.20. The molecule has 0 fully saturated rings. The summed E-state index contributed by atoms with van der Waals surface area (Å²) in [5.41, 5.74) is 0. The molecule has 0 atom stereocenters. The van der Waals surface area contributed by atoms with Crippen LogP contribution in [0.5, 0.6) is 0 Å². The average molecular weight is 294 g/mol. The average Bonchev–Trinajstić information content (AvgIpc) is 2.38. The second kappa shape index (κ2) is 17.2. The van der Waals surface area contributed by atoms with Gasteiger partial charge in [-0.15, -0.1) is 0 Å². The van der Waals surface area contributed by atoms with E-state index < -0.39 is 0 Å². The third-order valence-corrected chi connectivity index (χ3v) is 3.20. The molecule has 0 N–H and O–H groups in total. The predicted molar refractivity (Wildman–Crippen MR) is 79.0 cm³/mol. The summed E-state index contributed by atoms with van der Waals surface area (Å²) in [6.07, 6.45) is 11.7. The smallest absolute Gasteiger partial charge is 1.00 e. The Bertz CT molecular complexity index is 224. The molecule has 0 aromatic carbocycles. The second-order valence-electron chi connectivity index (χ2n) is 5.17. The first-order valence-electron chi connectivity index (χ1n) is 7.94. The standard InChI is InChI=1S/C16H30O3.Na.H/c1-3-5-7-9-11-13-15(17)19-16(18)14-12-10-8-6-4-2;;/h3-14H2,1-2H3;;/q;+1;-1. The van der Waals surface area contributed by atoms with Gasteiger partial charge >= 0.3 is 41.5 Å². The van der Waals surface area contributed by atoms with E-state index in [1.807, 2.05) is 0 Å². The zero-order valence-electron chi connectivity index (χ0n) is 14.7. The SMILES string of the molecule is CCCCCCCC(=O)OC(=O)CCCCCCC.[H-].[Na+]. The minimum absolute atomic E-state index is 0. The number of rotatable bonds is 12. The Labute approximate surface area is 148 Å². The van der Waals surface area contributed by atoms with Crippen molar-refractivity contribution in [2.24, 2.45) is 0 Å². The van der Waals surface area contributed by atoms with E-state index >= 15 is 0 Å². The first-order valence-corrected chi connectivity index (χ1v) is 7.94. The van der Waals surface area contributed by atoms with Crippen molar-refractivity contribution in [2.45, 2.75) is 90.9 Å². The number of esters is 2. The van der Waals surface area contributed by atoms with Crippen molar-refractivity contribution in [2.75, 3.05) is 0 Å². The van der Waals surface area contributed by atoms with E-state index in [1.165, 1.54) is 25.7 Å². The van der Waals surface area contributed by atoms with Gasteiger partial charge in [0.15, 0.2) is 0 Å². The monoisotopic (exact) mass is 294 g/mol. The van der Waals surface area contributed by atoms with E-state index in [1.54, 1.807) is 0 Å². The summed E-state index contributed by atoms with van der Waals surface area (Å²) in [7, 11) is 0. The van der Waals surface area contributed by atoms with Crippen LogP contribution in [0.1, 0.15) is 92.3 Å². The minimum Gasteiger partial charge on any atom is -1.00 e. The molecule has 0 bridgehead atoms. The van der Waals surface area contributed by atoms with Crippen molar-refractivity contribution >= 4 is 11.9 Å². The Kier molecular flexibility index (Phi) is 19.3. The molecule has 0 aliphatic carbocycles. The van der Waals surface area contributed by atoms with Crippen LogP contribution in [0.25, 0.3) is 0 Å². The molecule has 0 saturated carbocycles. The van der Waals surface area contributed by atoms with Crippen molar-refractivity contribution < 1.29 is 45.3 Å². The molecule has 0 saturated heterocycles. The maximum Gasteiger partial charge on any atom is 1.00 e. The van der Waals surface area contributed by atoms with Crippen molar-refractivity contribution in [3.05, 3.63) is 0 Å². The fourth-order valence-electron chi connectivity index (χ4n) is 1.97. The van der Waals surface area contributed by atoms with Gasteiger partial charge in [0.25, 0.3) is 0 Å². The van der Waals surface area contributed by atoms with Crippen LogP contribution >= 0.6 is 0 Å². The van der Waals surface area contributed by atoms with Crippen LogP contribution in [0.3, 0.4) is 0 Å². The molecule has 0 aromatic rings. The molecule has 0 spiro atoms. The summed E-state index contributed by atoms with van der Waals surface area (Å²) in [4.78, 5) is 22.8. The van der Waals surface area contributed by atoms with Gasteiger partial charge in [-0.1, -0.05) is 65.2 Å². The Morgan fingerprint density at radius 2 is 1.05 bits per heavy atom. The summed E-state index contributed by atoms with van der Waals surface area (Å²) in [6, 6.07) is 0. The molecule has 0 heterocycles. The van der Waals surface area contributed by atoms with E-state index in [9.17, 15) is 9.59 Å². The van der Waals surface area contributed by atoms with Gasteiger partial charge in [-0.05, 0) is 12.8 Å². The maximum absolute atomic E-state index is 11.4. The van der Waals surface area contributed by atoms with E-state index in [-0.39, 0.29) is 42.9 Å². The molecule has 3 nitrogen and oxygen atoms in total. The van der Waals surface area contributed by atoms with Gasteiger partial charge in [0.05, 0.1) is 0 Å². The molecule has 0 radical (unpaired) electrons. The number of ether oxygens (including phenoxy) is 1. The molecule has 0 unspecified atom stereocenters. The van der Waals surface area contributed by atoms with Crippen LogP contribution in [0.4, 0.5) is 0 Å². The van der Waals surface area contributed by atoms with Gasteiger partial charge in [-0.3, -0.25) is 9.59 Å². The van der Waals surface area contributed by atoms with Crippen molar-refractivity contribution in [3.63, 3.8) is 0 Å². The predicted octanol–water partition coefficient (Wildman–Crippen LogP) is 1.89. The molecule has 0 aliphatic heterocycles. The number of hydrogen-bond acceptors (Lipinski definition) is 3. The molecular formula is C16H31NaO3. The third kappa shape index (κ3) is 16.2. The molecule has 0 rings (SSSR count). The largest absolute Gasteiger partial charge is 1.00 e. The fraction of sp³-hybridized carbons (Fsp3) is 0.875. The van der Waals surface area contributed by atoms with Crippen LogP contribution in [0, 0.1) is 0 Å². The van der Waals surface area contributed by atoms with E-state index in [2.05, 4.69) is 13.8 Å². The Balaban J connectivity index is -0.00000162. The second-order valence-corrected chi connectivity index (χ2v) is 5.17. The van der Waals surface area contributed by atoms with Crippen molar-refractivity contribution in [1.29, 1.82) is 0 Å². The molecule has 0 aromatic heterocycles. The van der Waals surface area contributed by atoms with E-state index in [0.717, 1.165) is 38.5 Å². The summed E-state index contributed by atoms with van der Waals surface area (Å²) >= 11 is 0. The maximum atomic E-state index is 11.4. The number of carbonyl (C=O) groups is 2. The summed E-state index contributed by atoms with van der Waals surface area (Å²) in [5, 5.41) is 0. The molecule has 114 valence electrons. The van der Waals surface area contributed by atoms with Gasteiger partial charge < -0.3 is 6.16 Å². The molecular weight excluding hydrogens is 263 g/mol. The molecule has 0 aliphatic rings. The topological polar surface area (TPSA) is 43.4 Å². The fourth-order valence-corrected chi connectivity index (χ4v) is 1.97. The zero-order chi connectivity index (χ0) is 14.3. The molecule has 4 heteroatoms. The van der Waals surface area contributed by atoms with Crippen LogP contribution in [-0.4, -0.2) is 11.9 Å². The first-order chi connectivity index (χ1) is 9.20. The zero-order valence-corrected chi connectivity index (χ0v) is 15.7. The van der Waals surface area contributed by atoms with Gasteiger partial charge in [0.1, 0.15) is 0 Å². The van der Waals surface area contributed by atoms with Crippen LogP contribution in [-0.2, 0) is 14.3 Å². The first kappa shape index (κ1) is 22.4. The van der Waals surface area contributed by atoms with E-state index in [4.69, 9.17) is 4.74 Å². The molecule has 20 heavy (non-hydrogen) atoms. The molecule has 0 amide bonds.